The Morgan fingerprint density at radius 3 is 1.09 bits per heavy atom. The van der Waals surface area contributed by atoms with Crippen LogP contribution in [0.2, 0.25) is 0 Å². The second kappa shape index (κ2) is 59.3. The lowest BCUT2D eigenvalue weighted by atomic mass is 10.1. The molecule has 5 heteroatoms. The number of unbranched alkanes of at least 4 members (excludes halogenated alkanes) is 18. The van der Waals surface area contributed by atoms with Crippen LogP contribution < -0.4 is 0 Å². The molecule has 0 bridgehead atoms. The summed E-state index contributed by atoms with van der Waals surface area (Å²) in [4.78, 5) is 25.5. The summed E-state index contributed by atoms with van der Waals surface area (Å²) in [5, 5.41) is 0. The standard InChI is InChI=1S/C65H106O5/c1-4-7-10-13-16-19-22-25-28-31-33-35-37-40-43-46-49-52-55-58-64(66)69-62-63(61-68-60-57-54-51-48-45-42-39-36-32-29-26-23-20-17-14-11-8-5-2)70-65(67)59-56-53-50-47-44-41-38-34-30-27-24-21-18-15-12-9-6-3/h7,9-10,12,16-21,25-30,33,35,40,43,49,52,63H,4-6,8,11,13-15,22-24,31-32,34,36-39,41-42,44-48,50-51,53-62H2,1-3H3/b10-7-,12-9-,19-16-,20-17-,21-18-,28-25-,29-26-,30-27-,35-33-,43-40-,52-49-. The van der Waals surface area contributed by atoms with Gasteiger partial charge in [0, 0.05) is 19.4 Å². The van der Waals surface area contributed by atoms with Gasteiger partial charge in [0.2, 0.25) is 0 Å². The van der Waals surface area contributed by atoms with Crippen molar-refractivity contribution in [2.24, 2.45) is 0 Å². The van der Waals surface area contributed by atoms with Crippen LogP contribution >= 0.6 is 0 Å². The van der Waals surface area contributed by atoms with Crippen molar-refractivity contribution in [1.29, 1.82) is 0 Å². The molecular weight excluding hydrogens is 861 g/mol. The zero-order valence-corrected chi connectivity index (χ0v) is 45.5. The average Bonchev–Trinajstić information content (AvgIpc) is 3.36. The first-order chi connectivity index (χ1) is 34.6. The molecular formula is C65H106O5. The van der Waals surface area contributed by atoms with Crippen LogP contribution in [0.3, 0.4) is 0 Å². The molecule has 0 aromatic carbocycles. The molecule has 0 rings (SSSR count). The molecule has 0 saturated heterocycles. The van der Waals surface area contributed by atoms with Gasteiger partial charge in [0.05, 0.1) is 6.61 Å². The highest BCUT2D eigenvalue weighted by atomic mass is 16.6. The minimum Gasteiger partial charge on any atom is -0.462 e. The van der Waals surface area contributed by atoms with Gasteiger partial charge in [-0.2, -0.15) is 0 Å². The Morgan fingerprint density at radius 2 is 0.671 bits per heavy atom. The van der Waals surface area contributed by atoms with Crippen LogP contribution in [0.15, 0.2) is 134 Å². The molecule has 0 fully saturated rings. The minimum atomic E-state index is -0.586. The van der Waals surface area contributed by atoms with Gasteiger partial charge in [-0.15, -0.1) is 0 Å². The molecule has 0 aromatic rings. The first kappa shape index (κ1) is 66.0. The predicted octanol–water partition coefficient (Wildman–Crippen LogP) is 19.9. The number of carbonyl (C=O) groups is 2. The molecule has 0 aliphatic rings. The van der Waals surface area contributed by atoms with Crippen LogP contribution in [0.1, 0.15) is 239 Å². The Balaban J connectivity index is 4.44. The Morgan fingerprint density at radius 1 is 0.329 bits per heavy atom. The lowest BCUT2D eigenvalue weighted by molar-refractivity contribution is -0.162. The number of rotatable bonds is 51. The van der Waals surface area contributed by atoms with Gasteiger partial charge in [-0.25, -0.2) is 0 Å². The first-order valence-corrected chi connectivity index (χ1v) is 28.7. The van der Waals surface area contributed by atoms with E-state index in [-0.39, 0.29) is 25.2 Å². The van der Waals surface area contributed by atoms with Crippen LogP contribution in [0, 0.1) is 0 Å². The number of hydrogen-bond acceptors (Lipinski definition) is 5. The molecule has 1 unspecified atom stereocenters. The zero-order chi connectivity index (χ0) is 50.6. The molecule has 70 heavy (non-hydrogen) atoms. The van der Waals surface area contributed by atoms with Gasteiger partial charge in [-0.1, -0.05) is 238 Å². The van der Waals surface area contributed by atoms with E-state index in [1.807, 2.05) is 6.08 Å². The topological polar surface area (TPSA) is 61.8 Å². The van der Waals surface area contributed by atoms with Gasteiger partial charge in [-0.05, 0) is 122 Å². The molecule has 1 atom stereocenters. The molecule has 0 spiro atoms. The summed E-state index contributed by atoms with van der Waals surface area (Å²) in [6, 6.07) is 0. The molecule has 0 aliphatic carbocycles. The van der Waals surface area contributed by atoms with Crippen molar-refractivity contribution in [3.63, 3.8) is 0 Å². The highest BCUT2D eigenvalue weighted by molar-refractivity contribution is 5.70. The third kappa shape index (κ3) is 56.6. The average molecular weight is 968 g/mol. The van der Waals surface area contributed by atoms with Crippen molar-refractivity contribution in [3.05, 3.63) is 134 Å². The summed E-state index contributed by atoms with van der Waals surface area (Å²) >= 11 is 0. The molecule has 0 radical (unpaired) electrons. The monoisotopic (exact) mass is 967 g/mol. The maximum atomic E-state index is 12.9. The summed E-state index contributed by atoms with van der Waals surface area (Å²) in [5.74, 6) is -0.514. The van der Waals surface area contributed by atoms with Gasteiger partial charge in [0.25, 0.3) is 0 Å². The predicted molar refractivity (Wildman–Crippen MR) is 306 cm³/mol. The number of allylic oxidation sites excluding steroid dienone is 22. The van der Waals surface area contributed by atoms with Crippen LogP contribution in [-0.4, -0.2) is 37.9 Å². The highest BCUT2D eigenvalue weighted by Crippen LogP contribution is 2.13. The molecule has 0 aliphatic heterocycles. The molecule has 0 aromatic heterocycles. The Kier molecular flexibility index (Phi) is 56.0. The Bertz CT molecular complexity index is 1470. The van der Waals surface area contributed by atoms with Crippen LogP contribution in [0.25, 0.3) is 0 Å². The fourth-order valence-corrected chi connectivity index (χ4v) is 7.46. The molecule has 396 valence electrons. The molecule has 0 saturated carbocycles. The SMILES string of the molecule is CC/C=C\C/C=C\C/C=C\C/C=C\C/C=C\C/C=C\CCC(=O)OCC(COCCCCCCCCCC/C=C\C/C=C\CCCCC)OC(=O)CCCCCCCCC/C=C\C/C=C\C/C=C\CC. The molecule has 0 amide bonds. The van der Waals surface area contributed by atoms with E-state index in [4.69, 9.17) is 14.2 Å². The highest BCUT2D eigenvalue weighted by Gasteiger charge is 2.17. The van der Waals surface area contributed by atoms with Crippen LogP contribution in [-0.2, 0) is 23.8 Å². The van der Waals surface area contributed by atoms with Crippen molar-refractivity contribution in [1.82, 2.24) is 0 Å². The molecule has 0 heterocycles. The number of hydrogen-bond donors (Lipinski definition) is 0. The fourth-order valence-electron chi connectivity index (χ4n) is 7.46. The van der Waals surface area contributed by atoms with Gasteiger partial charge in [-0.3, -0.25) is 9.59 Å². The zero-order valence-electron chi connectivity index (χ0n) is 45.5. The summed E-state index contributed by atoms with van der Waals surface area (Å²) in [6.45, 7) is 7.47. The van der Waals surface area contributed by atoms with Crippen molar-refractivity contribution in [2.45, 2.75) is 245 Å². The van der Waals surface area contributed by atoms with E-state index in [0.717, 1.165) is 103 Å². The van der Waals surface area contributed by atoms with Gasteiger partial charge >= 0.3 is 11.9 Å². The fraction of sp³-hybridized carbons (Fsp3) is 0.631. The van der Waals surface area contributed by atoms with Crippen molar-refractivity contribution in [2.75, 3.05) is 19.8 Å². The van der Waals surface area contributed by atoms with Gasteiger partial charge < -0.3 is 14.2 Å². The smallest absolute Gasteiger partial charge is 0.306 e. The third-order valence-corrected chi connectivity index (χ3v) is 11.7. The summed E-state index contributed by atoms with van der Waals surface area (Å²) in [6.07, 6.45) is 84.8. The maximum Gasteiger partial charge on any atom is 0.306 e. The number of esters is 2. The Labute approximate surface area is 432 Å². The van der Waals surface area contributed by atoms with Gasteiger partial charge in [0.15, 0.2) is 6.10 Å². The lowest BCUT2D eigenvalue weighted by Crippen LogP contribution is -2.30. The van der Waals surface area contributed by atoms with Gasteiger partial charge in [0.1, 0.15) is 6.61 Å². The summed E-state index contributed by atoms with van der Waals surface area (Å²) < 4.78 is 17.4. The normalized spacial score (nSPS) is 13.2. The van der Waals surface area contributed by atoms with Crippen molar-refractivity contribution < 1.29 is 23.8 Å². The van der Waals surface area contributed by atoms with E-state index >= 15 is 0 Å². The first-order valence-electron chi connectivity index (χ1n) is 28.7. The van der Waals surface area contributed by atoms with E-state index in [1.54, 1.807) is 0 Å². The summed E-state index contributed by atoms with van der Waals surface area (Å²) in [5.41, 5.74) is 0. The maximum absolute atomic E-state index is 12.9. The lowest BCUT2D eigenvalue weighted by Gasteiger charge is -2.18. The van der Waals surface area contributed by atoms with Crippen LogP contribution in [0.4, 0.5) is 0 Å². The van der Waals surface area contributed by atoms with Crippen LogP contribution in [0.5, 0.6) is 0 Å². The van der Waals surface area contributed by atoms with Crippen molar-refractivity contribution in [3.8, 4) is 0 Å². The van der Waals surface area contributed by atoms with E-state index < -0.39 is 6.10 Å². The Hall–Kier alpha value is -3.96. The second-order valence-corrected chi connectivity index (χ2v) is 18.4. The quantitative estimate of drug-likeness (QED) is 0.0345. The minimum absolute atomic E-state index is 0.0306. The summed E-state index contributed by atoms with van der Waals surface area (Å²) in [7, 11) is 0. The van der Waals surface area contributed by atoms with E-state index in [9.17, 15) is 9.59 Å². The van der Waals surface area contributed by atoms with E-state index in [0.29, 0.717) is 25.9 Å². The largest absolute Gasteiger partial charge is 0.462 e. The van der Waals surface area contributed by atoms with E-state index in [1.165, 1.54) is 96.3 Å². The molecule has 5 nitrogen and oxygen atoms in total. The second-order valence-electron chi connectivity index (χ2n) is 18.4. The van der Waals surface area contributed by atoms with E-state index in [2.05, 4.69) is 148 Å². The number of carbonyl (C=O) groups excluding carboxylic acids is 2. The molecule has 0 N–H and O–H groups in total. The van der Waals surface area contributed by atoms with Crippen molar-refractivity contribution >= 4 is 11.9 Å². The third-order valence-electron chi connectivity index (χ3n) is 11.7. The number of ether oxygens (including phenoxy) is 3.